The van der Waals surface area contributed by atoms with Crippen molar-refractivity contribution in [3.63, 3.8) is 0 Å². The van der Waals surface area contributed by atoms with Crippen LogP contribution in [0, 0.1) is 0 Å². The standard InChI is InChI=1S/C18H19NO/c1-3-14-8-4-6-10-16(14)19-13(2)18-12-15-9-5-7-11-17(15)20-18/h4-13,19H,3H2,1-2H3. The molecule has 2 aromatic carbocycles. The minimum atomic E-state index is 0.148. The molecule has 1 heterocycles. The second-order valence-electron chi connectivity index (χ2n) is 5.06. The van der Waals surface area contributed by atoms with Crippen molar-refractivity contribution in [3.8, 4) is 0 Å². The van der Waals surface area contributed by atoms with Crippen molar-refractivity contribution in [3.05, 3.63) is 65.9 Å². The van der Waals surface area contributed by atoms with E-state index in [9.17, 15) is 0 Å². The molecule has 2 heteroatoms. The van der Waals surface area contributed by atoms with Gasteiger partial charge in [-0.05, 0) is 37.1 Å². The van der Waals surface area contributed by atoms with E-state index in [1.54, 1.807) is 0 Å². The highest BCUT2D eigenvalue weighted by Gasteiger charge is 2.12. The number of benzene rings is 2. The van der Waals surface area contributed by atoms with Crippen LogP contribution >= 0.6 is 0 Å². The van der Waals surface area contributed by atoms with Crippen LogP contribution in [0.2, 0.25) is 0 Å². The van der Waals surface area contributed by atoms with Crippen LogP contribution in [0.5, 0.6) is 0 Å². The molecule has 0 spiro atoms. The van der Waals surface area contributed by atoms with Crippen molar-refractivity contribution in [2.45, 2.75) is 26.3 Å². The van der Waals surface area contributed by atoms with E-state index in [-0.39, 0.29) is 6.04 Å². The molecule has 0 aliphatic heterocycles. The second-order valence-corrected chi connectivity index (χ2v) is 5.06. The lowest BCUT2D eigenvalue weighted by atomic mass is 10.1. The molecule has 0 aliphatic carbocycles. The Bertz CT molecular complexity index is 681. The van der Waals surface area contributed by atoms with Gasteiger partial charge in [0.05, 0.1) is 6.04 Å². The minimum absolute atomic E-state index is 0.148. The van der Waals surface area contributed by atoms with Crippen molar-refractivity contribution < 1.29 is 4.42 Å². The van der Waals surface area contributed by atoms with Gasteiger partial charge in [-0.25, -0.2) is 0 Å². The van der Waals surface area contributed by atoms with Gasteiger partial charge in [-0.3, -0.25) is 0 Å². The zero-order valence-corrected chi connectivity index (χ0v) is 11.9. The number of fused-ring (bicyclic) bond motifs is 1. The summed E-state index contributed by atoms with van der Waals surface area (Å²) < 4.78 is 5.91. The molecule has 0 aliphatic rings. The molecule has 0 bridgehead atoms. The number of para-hydroxylation sites is 2. The first kappa shape index (κ1) is 12.8. The van der Waals surface area contributed by atoms with E-state index in [0.717, 1.165) is 23.2 Å². The summed E-state index contributed by atoms with van der Waals surface area (Å²) in [6.07, 6.45) is 1.02. The van der Waals surface area contributed by atoms with Crippen LogP contribution in [-0.4, -0.2) is 0 Å². The summed E-state index contributed by atoms with van der Waals surface area (Å²) in [5, 5.41) is 4.70. The summed E-state index contributed by atoms with van der Waals surface area (Å²) in [6, 6.07) is 18.8. The van der Waals surface area contributed by atoms with E-state index in [2.05, 4.69) is 55.6 Å². The number of anilines is 1. The van der Waals surface area contributed by atoms with Gasteiger partial charge in [0.15, 0.2) is 0 Å². The molecule has 102 valence electrons. The highest BCUT2D eigenvalue weighted by molar-refractivity contribution is 5.77. The molecule has 1 aromatic heterocycles. The van der Waals surface area contributed by atoms with Gasteiger partial charge in [0.25, 0.3) is 0 Å². The molecule has 20 heavy (non-hydrogen) atoms. The summed E-state index contributed by atoms with van der Waals surface area (Å²) in [5.74, 6) is 0.970. The predicted octanol–water partition coefficient (Wildman–Crippen LogP) is 5.17. The number of furan rings is 1. The van der Waals surface area contributed by atoms with Crippen LogP contribution in [0.4, 0.5) is 5.69 Å². The Balaban J connectivity index is 1.87. The lowest BCUT2D eigenvalue weighted by Crippen LogP contribution is -2.07. The largest absolute Gasteiger partial charge is 0.459 e. The number of hydrogen-bond acceptors (Lipinski definition) is 2. The Kier molecular flexibility index (Phi) is 3.46. The van der Waals surface area contributed by atoms with E-state index in [1.807, 2.05) is 18.2 Å². The third kappa shape index (κ3) is 2.42. The highest BCUT2D eigenvalue weighted by Crippen LogP contribution is 2.27. The first-order chi connectivity index (χ1) is 9.78. The number of nitrogens with one attached hydrogen (secondary N) is 1. The summed E-state index contributed by atoms with van der Waals surface area (Å²) in [4.78, 5) is 0. The fourth-order valence-electron chi connectivity index (χ4n) is 2.49. The lowest BCUT2D eigenvalue weighted by molar-refractivity contribution is 0.526. The van der Waals surface area contributed by atoms with E-state index in [1.165, 1.54) is 11.3 Å². The Morgan fingerprint density at radius 3 is 2.60 bits per heavy atom. The molecular weight excluding hydrogens is 246 g/mol. The van der Waals surface area contributed by atoms with Crippen molar-refractivity contribution in [2.24, 2.45) is 0 Å². The summed E-state index contributed by atoms with van der Waals surface area (Å²) >= 11 is 0. The molecule has 0 saturated carbocycles. The topological polar surface area (TPSA) is 25.2 Å². The lowest BCUT2D eigenvalue weighted by Gasteiger charge is -2.15. The zero-order valence-electron chi connectivity index (χ0n) is 11.9. The van der Waals surface area contributed by atoms with Crippen LogP contribution in [0.25, 0.3) is 11.0 Å². The smallest absolute Gasteiger partial charge is 0.134 e. The van der Waals surface area contributed by atoms with E-state index >= 15 is 0 Å². The highest BCUT2D eigenvalue weighted by atomic mass is 16.3. The second kappa shape index (κ2) is 5.41. The molecule has 3 aromatic rings. The van der Waals surface area contributed by atoms with Gasteiger partial charge >= 0.3 is 0 Å². The Morgan fingerprint density at radius 2 is 1.80 bits per heavy atom. The maximum atomic E-state index is 5.91. The minimum Gasteiger partial charge on any atom is -0.459 e. The van der Waals surface area contributed by atoms with Crippen LogP contribution in [0.1, 0.15) is 31.2 Å². The average molecular weight is 265 g/mol. The average Bonchev–Trinajstić information content (AvgIpc) is 2.92. The summed E-state index contributed by atoms with van der Waals surface area (Å²) in [7, 11) is 0. The molecule has 3 rings (SSSR count). The van der Waals surface area contributed by atoms with Crippen LogP contribution in [0.3, 0.4) is 0 Å². The van der Waals surface area contributed by atoms with Gasteiger partial charge in [0.1, 0.15) is 11.3 Å². The molecule has 1 unspecified atom stereocenters. The van der Waals surface area contributed by atoms with Crippen molar-refractivity contribution >= 4 is 16.7 Å². The maximum absolute atomic E-state index is 5.91. The predicted molar refractivity (Wildman–Crippen MR) is 84.1 cm³/mol. The van der Waals surface area contributed by atoms with Crippen molar-refractivity contribution in [2.75, 3.05) is 5.32 Å². The van der Waals surface area contributed by atoms with Gasteiger partial charge in [0, 0.05) is 11.1 Å². The summed E-state index contributed by atoms with van der Waals surface area (Å²) in [5.41, 5.74) is 3.46. The first-order valence-corrected chi connectivity index (χ1v) is 7.11. The Hall–Kier alpha value is -2.22. The molecule has 0 radical (unpaired) electrons. The zero-order chi connectivity index (χ0) is 13.9. The van der Waals surface area contributed by atoms with Crippen molar-refractivity contribution in [1.82, 2.24) is 0 Å². The Morgan fingerprint density at radius 1 is 1.05 bits per heavy atom. The molecule has 1 N–H and O–H groups in total. The molecule has 0 fully saturated rings. The van der Waals surface area contributed by atoms with Crippen molar-refractivity contribution in [1.29, 1.82) is 0 Å². The van der Waals surface area contributed by atoms with Gasteiger partial charge in [-0.15, -0.1) is 0 Å². The van der Waals surface area contributed by atoms with E-state index in [0.29, 0.717) is 0 Å². The van der Waals surface area contributed by atoms with Gasteiger partial charge < -0.3 is 9.73 Å². The van der Waals surface area contributed by atoms with Crippen LogP contribution in [0.15, 0.2) is 59.0 Å². The van der Waals surface area contributed by atoms with Gasteiger partial charge in [-0.1, -0.05) is 43.3 Å². The SMILES string of the molecule is CCc1ccccc1NC(C)c1cc2ccccc2o1. The molecular formula is C18H19NO. The van der Waals surface area contributed by atoms with Gasteiger partial charge in [0.2, 0.25) is 0 Å². The number of aryl methyl sites for hydroxylation is 1. The molecule has 0 saturated heterocycles. The first-order valence-electron chi connectivity index (χ1n) is 7.11. The fraction of sp³-hybridized carbons (Fsp3) is 0.222. The van der Waals surface area contributed by atoms with Crippen LogP contribution < -0.4 is 5.32 Å². The fourth-order valence-corrected chi connectivity index (χ4v) is 2.49. The molecule has 0 amide bonds. The monoisotopic (exact) mass is 265 g/mol. The van der Waals surface area contributed by atoms with Crippen LogP contribution in [-0.2, 0) is 6.42 Å². The molecule has 2 nitrogen and oxygen atoms in total. The van der Waals surface area contributed by atoms with E-state index < -0.39 is 0 Å². The summed E-state index contributed by atoms with van der Waals surface area (Å²) in [6.45, 7) is 4.30. The number of rotatable bonds is 4. The third-order valence-electron chi connectivity index (χ3n) is 3.64. The van der Waals surface area contributed by atoms with E-state index in [4.69, 9.17) is 4.42 Å². The number of hydrogen-bond donors (Lipinski definition) is 1. The maximum Gasteiger partial charge on any atom is 0.134 e. The Labute approximate surface area is 119 Å². The molecule has 1 atom stereocenters. The third-order valence-corrected chi connectivity index (χ3v) is 3.64. The van der Waals surface area contributed by atoms with Gasteiger partial charge in [-0.2, -0.15) is 0 Å². The normalized spacial score (nSPS) is 12.5. The quantitative estimate of drug-likeness (QED) is 0.704.